The van der Waals surface area contributed by atoms with E-state index in [4.69, 9.17) is 14.9 Å². The zero-order valence-electron chi connectivity index (χ0n) is 8.26. The van der Waals surface area contributed by atoms with Crippen LogP contribution in [-0.2, 0) is 0 Å². The molecule has 1 aliphatic rings. The minimum absolute atomic E-state index is 0.150. The molecule has 0 bridgehead atoms. The predicted molar refractivity (Wildman–Crippen MR) is 46.9 cm³/mol. The van der Waals surface area contributed by atoms with Crippen LogP contribution in [0.1, 0.15) is 36.3 Å². The standard InChI is InChI=1S/C9H9N3O3/c1-9(2)4(3-10)5(9)7-11-6(8(13)14)12-15-7/h4-5H,1-2H3,(H,13,14). The van der Waals surface area contributed by atoms with E-state index < -0.39 is 5.97 Å². The predicted octanol–water partition coefficient (Wildman–Crippen LogP) is 1.03. The van der Waals surface area contributed by atoms with Gasteiger partial charge in [-0.05, 0) is 10.6 Å². The van der Waals surface area contributed by atoms with Crippen LogP contribution >= 0.6 is 0 Å². The molecule has 6 heteroatoms. The average molecular weight is 207 g/mol. The highest BCUT2D eigenvalue weighted by molar-refractivity contribution is 5.82. The highest BCUT2D eigenvalue weighted by atomic mass is 16.5. The zero-order valence-corrected chi connectivity index (χ0v) is 8.26. The molecule has 2 unspecified atom stereocenters. The Hall–Kier alpha value is -1.90. The van der Waals surface area contributed by atoms with Crippen LogP contribution < -0.4 is 0 Å². The van der Waals surface area contributed by atoms with E-state index in [1.54, 1.807) is 0 Å². The molecular formula is C9H9N3O3. The number of nitrogens with zero attached hydrogens (tertiary/aromatic N) is 3. The van der Waals surface area contributed by atoms with E-state index in [1.807, 2.05) is 13.8 Å². The number of carboxylic acids is 1. The van der Waals surface area contributed by atoms with Crippen molar-refractivity contribution in [3.63, 3.8) is 0 Å². The Kier molecular flexibility index (Phi) is 1.80. The van der Waals surface area contributed by atoms with E-state index in [0.717, 1.165) is 0 Å². The largest absolute Gasteiger partial charge is 0.475 e. The number of hydrogen-bond acceptors (Lipinski definition) is 5. The first-order chi connectivity index (χ1) is 6.98. The molecular weight excluding hydrogens is 198 g/mol. The molecule has 78 valence electrons. The molecule has 1 N–H and O–H groups in total. The van der Waals surface area contributed by atoms with Crippen LogP contribution in [0.4, 0.5) is 0 Å². The van der Waals surface area contributed by atoms with E-state index in [0.29, 0.717) is 0 Å². The van der Waals surface area contributed by atoms with Crippen molar-refractivity contribution in [3.8, 4) is 6.07 Å². The van der Waals surface area contributed by atoms with Crippen LogP contribution in [0.5, 0.6) is 0 Å². The second kappa shape index (κ2) is 2.79. The summed E-state index contributed by atoms with van der Waals surface area (Å²) in [6.45, 7) is 3.83. The lowest BCUT2D eigenvalue weighted by Crippen LogP contribution is -1.99. The van der Waals surface area contributed by atoms with Gasteiger partial charge in [-0.2, -0.15) is 10.2 Å². The first-order valence-electron chi connectivity index (χ1n) is 4.45. The van der Waals surface area contributed by atoms with E-state index in [1.165, 1.54) is 0 Å². The second-order valence-electron chi connectivity index (χ2n) is 4.17. The van der Waals surface area contributed by atoms with Gasteiger partial charge >= 0.3 is 5.97 Å². The van der Waals surface area contributed by atoms with Gasteiger partial charge in [0.1, 0.15) is 0 Å². The summed E-state index contributed by atoms with van der Waals surface area (Å²) in [5, 5.41) is 20.8. The Morgan fingerprint density at radius 3 is 2.73 bits per heavy atom. The van der Waals surface area contributed by atoms with Gasteiger partial charge in [-0.1, -0.05) is 13.8 Å². The van der Waals surface area contributed by atoms with Crippen molar-refractivity contribution < 1.29 is 14.4 Å². The number of hydrogen-bond donors (Lipinski definition) is 1. The summed E-state index contributed by atoms with van der Waals surface area (Å²) in [6.07, 6.45) is 0. The maximum Gasteiger partial charge on any atom is 0.377 e. The van der Waals surface area contributed by atoms with Crippen molar-refractivity contribution in [1.29, 1.82) is 5.26 Å². The number of carbonyl (C=O) groups is 1. The van der Waals surface area contributed by atoms with Gasteiger partial charge in [-0.25, -0.2) is 4.79 Å². The van der Waals surface area contributed by atoms with E-state index in [2.05, 4.69) is 16.2 Å². The van der Waals surface area contributed by atoms with E-state index >= 15 is 0 Å². The van der Waals surface area contributed by atoms with Crippen LogP contribution in [0.15, 0.2) is 4.52 Å². The maximum atomic E-state index is 10.5. The fourth-order valence-corrected chi connectivity index (χ4v) is 1.79. The van der Waals surface area contributed by atoms with Crippen molar-refractivity contribution in [3.05, 3.63) is 11.7 Å². The zero-order chi connectivity index (χ0) is 11.2. The molecule has 0 amide bonds. The molecule has 2 rings (SSSR count). The van der Waals surface area contributed by atoms with E-state index in [-0.39, 0.29) is 29.0 Å². The molecule has 1 saturated carbocycles. The fraction of sp³-hybridized carbons (Fsp3) is 0.556. The van der Waals surface area contributed by atoms with Crippen molar-refractivity contribution in [2.45, 2.75) is 19.8 Å². The summed E-state index contributed by atoms with van der Waals surface area (Å²) in [4.78, 5) is 14.3. The molecule has 15 heavy (non-hydrogen) atoms. The molecule has 1 aromatic heterocycles. The van der Waals surface area contributed by atoms with Crippen LogP contribution in [0.2, 0.25) is 0 Å². The lowest BCUT2D eigenvalue weighted by atomic mass is 10.1. The Bertz CT molecular complexity index is 457. The molecule has 0 aromatic carbocycles. The molecule has 0 aliphatic heterocycles. The van der Waals surface area contributed by atoms with Crippen LogP contribution in [0.3, 0.4) is 0 Å². The van der Waals surface area contributed by atoms with Crippen molar-refractivity contribution in [2.75, 3.05) is 0 Å². The summed E-state index contributed by atoms with van der Waals surface area (Å²) >= 11 is 0. The number of aromatic carboxylic acids is 1. The first kappa shape index (κ1) is 9.65. The molecule has 0 saturated heterocycles. The number of aromatic nitrogens is 2. The normalized spacial score (nSPS) is 27.0. The quantitative estimate of drug-likeness (QED) is 0.777. The monoisotopic (exact) mass is 207 g/mol. The van der Waals surface area contributed by atoms with Gasteiger partial charge in [0.05, 0.1) is 17.9 Å². The fourth-order valence-electron chi connectivity index (χ4n) is 1.79. The third-order valence-electron chi connectivity index (χ3n) is 2.87. The SMILES string of the molecule is CC1(C)C(C#N)C1c1nc(C(=O)O)no1. The smallest absolute Gasteiger partial charge is 0.377 e. The van der Waals surface area contributed by atoms with Crippen molar-refractivity contribution in [1.82, 2.24) is 10.1 Å². The van der Waals surface area contributed by atoms with Gasteiger partial charge in [-0.3, -0.25) is 0 Å². The van der Waals surface area contributed by atoms with Gasteiger partial charge in [0.25, 0.3) is 5.82 Å². The molecule has 6 nitrogen and oxygen atoms in total. The Labute approximate surface area is 85.5 Å². The second-order valence-corrected chi connectivity index (χ2v) is 4.17. The molecule has 1 aliphatic carbocycles. The van der Waals surface area contributed by atoms with Gasteiger partial charge in [0.2, 0.25) is 5.89 Å². The van der Waals surface area contributed by atoms with Crippen LogP contribution in [0, 0.1) is 22.7 Å². The summed E-state index contributed by atoms with van der Waals surface area (Å²) in [6, 6.07) is 2.14. The molecule has 1 fully saturated rings. The summed E-state index contributed by atoms with van der Waals surface area (Å²) in [5.74, 6) is -1.67. The van der Waals surface area contributed by atoms with Gasteiger partial charge < -0.3 is 9.63 Å². The first-order valence-corrected chi connectivity index (χ1v) is 4.45. The van der Waals surface area contributed by atoms with E-state index in [9.17, 15) is 4.79 Å². The molecule has 2 atom stereocenters. The summed E-state index contributed by atoms with van der Waals surface area (Å²) < 4.78 is 4.82. The summed E-state index contributed by atoms with van der Waals surface area (Å²) in [7, 11) is 0. The molecule has 1 heterocycles. The minimum Gasteiger partial charge on any atom is -0.475 e. The highest BCUT2D eigenvalue weighted by Gasteiger charge is 2.62. The Morgan fingerprint density at radius 2 is 2.33 bits per heavy atom. The van der Waals surface area contributed by atoms with Gasteiger partial charge in [-0.15, -0.1) is 0 Å². The molecule has 1 aromatic rings. The maximum absolute atomic E-state index is 10.5. The van der Waals surface area contributed by atoms with Gasteiger partial charge in [0.15, 0.2) is 0 Å². The van der Waals surface area contributed by atoms with Crippen LogP contribution in [-0.4, -0.2) is 21.2 Å². The third kappa shape index (κ3) is 1.28. The Morgan fingerprint density at radius 1 is 1.67 bits per heavy atom. The van der Waals surface area contributed by atoms with Crippen molar-refractivity contribution in [2.24, 2.45) is 11.3 Å². The topological polar surface area (TPSA) is 100 Å². The molecule has 0 spiro atoms. The lowest BCUT2D eigenvalue weighted by Gasteiger charge is -1.94. The lowest BCUT2D eigenvalue weighted by molar-refractivity contribution is 0.0680. The number of nitriles is 1. The Balaban J connectivity index is 2.27. The number of rotatable bonds is 2. The number of carboxylic acid groups (broad SMARTS) is 1. The highest BCUT2D eigenvalue weighted by Crippen LogP contribution is 2.63. The van der Waals surface area contributed by atoms with Crippen LogP contribution in [0.25, 0.3) is 0 Å². The molecule has 0 radical (unpaired) electrons. The third-order valence-corrected chi connectivity index (χ3v) is 2.87. The minimum atomic E-state index is -1.23. The van der Waals surface area contributed by atoms with Crippen molar-refractivity contribution >= 4 is 5.97 Å². The average Bonchev–Trinajstić information content (AvgIpc) is 2.58. The van der Waals surface area contributed by atoms with Gasteiger partial charge in [0, 0.05) is 0 Å². The summed E-state index contributed by atoms with van der Waals surface area (Å²) in [5.41, 5.74) is -0.211.